The van der Waals surface area contributed by atoms with Crippen LogP contribution < -0.4 is 10.8 Å². The SMILES string of the molecule is Cc1ccc(N=C(NO)C(=O)Nc2ccc(C)cc2)cc1. The minimum absolute atomic E-state index is 0.167. The third-order valence-corrected chi connectivity index (χ3v) is 2.91. The molecule has 1 amide bonds. The number of aliphatic imine (C=N–C) groups is 1. The number of amidine groups is 1. The largest absolute Gasteiger partial charge is 0.319 e. The molecule has 0 spiro atoms. The quantitative estimate of drug-likeness (QED) is 0.450. The Balaban J connectivity index is 2.14. The second kappa shape index (κ2) is 6.67. The molecule has 5 nitrogen and oxygen atoms in total. The second-order valence-corrected chi connectivity index (χ2v) is 4.73. The van der Waals surface area contributed by atoms with Gasteiger partial charge in [-0.3, -0.25) is 10.0 Å². The number of hydroxylamine groups is 1. The lowest BCUT2D eigenvalue weighted by Gasteiger charge is -2.07. The van der Waals surface area contributed by atoms with Crippen LogP contribution in [0.25, 0.3) is 0 Å². The fourth-order valence-corrected chi connectivity index (χ4v) is 1.70. The summed E-state index contributed by atoms with van der Waals surface area (Å²) in [5.41, 5.74) is 5.24. The van der Waals surface area contributed by atoms with Crippen LogP contribution in [0.2, 0.25) is 0 Å². The number of anilines is 1. The molecule has 0 saturated carbocycles. The number of nitrogens with one attached hydrogen (secondary N) is 2. The van der Waals surface area contributed by atoms with Gasteiger partial charge in [0.15, 0.2) is 0 Å². The van der Waals surface area contributed by atoms with E-state index in [1.165, 1.54) is 0 Å². The van der Waals surface area contributed by atoms with E-state index in [0.29, 0.717) is 11.4 Å². The molecule has 0 heterocycles. The van der Waals surface area contributed by atoms with Crippen molar-refractivity contribution in [2.75, 3.05) is 5.32 Å². The Hall–Kier alpha value is -2.66. The summed E-state index contributed by atoms with van der Waals surface area (Å²) in [5, 5.41) is 11.8. The standard InChI is InChI=1S/C16H17N3O2/c1-11-3-7-13(8-4-11)17-15(19-21)16(20)18-14-9-5-12(2)6-10-14/h3-10,21H,1-2H3,(H,17,19)(H,18,20). The first-order chi connectivity index (χ1) is 10.1. The average molecular weight is 283 g/mol. The predicted molar refractivity (Wildman–Crippen MR) is 83.0 cm³/mol. The van der Waals surface area contributed by atoms with Crippen LogP contribution in [0.5, 0.6) is 0 Å². The molecule has 2 rings (SSSR count). The number of rotatable bonds is 2. The van der Waals surface area contributed by atoms with Crippen molar-refractivity contribution in [1.82, 2.24) is 5.48 Å². The molecule has 108 valence electrons. The molecule has 21 heavy (non-hydrogen) atoms. The van der Waals surface area contributed by atoms with Crippen molar-refractivity contribution in [3.8, 4) is 0 Å². The van der Waals surface area contributed by atoms with Gasteiger partial charge in [0.2, 0.25) is 5.84 Å². The maximum absolute atomic E-state index is 12.0. The van der Waals surface area contributed by atoms with Gasteiger partial charge in [0.05, 0.1) is 5.69 Å². The third kappa shape index (κ3) is 4.15. The van der Waals surface area contributed by atoms with E-state index in [1.807, 2.05) is 43.6 Å². The van der Waals surface area contributed by atoms with Crippen molar-refractivity contribution >= 4 is 23.1 Å². The lowest BCUT2D eigenvalue weighted by Crippen LogP contribution is -2.33. The monoisotopic (exact) mass is 283 g/mol. The van der Waals surface area contributed by atoms with Crippen LogP contribution in [0.1, 0.15) is 11.1 Å². The van der Waals surface area contributed by atoms with Gasteiger partial charge >= 0.3 is 0 Å². The topological polar surface area (TPSA) is 73.7 Å². The maximum atomic E-state index is 12.0. The normalized spacial score (nSPS) is 11.1. The number of hydrogen-bond donors (Lipinski definition) is 3. The summed E-state index contributed by atoms with van der Waals surface area (Å²) in [7, 11) is 0. The summed E-state index contributed by atoms with van der Waals surface area (Å²) in [6, 6.07) is 14.6. The van der Waals surface area contributed by atoms with Crippen molar-refractivity contribution in [1.29, 1.82) is 0 Å². The van der Waals surface area contributed by atoms with Gasteiger partial charge in [0, 0.05) is 5.69 Å². The number of carbonyl (C=O) groups is 1. The van der Waals surface area contributed by atoms with E-state index in [2.05, 4.69) is 10.3 Å². The molecule has 0 aromatic heterocycles. The summed E-state index contributed by atoms with van der Waals surface area (Å²) in [5.74, 6) is -0.679. The smallest absolute Gasteiger partial charge is 0.293 e. The molecule has 0 unspecified atom stereocenters. The van der Waals surface area contributed by atoms with Crippen LogP contribution >= 0.6 is 0 Å². The van der Waals surface area contributed by atoms with Crippen molar-refractivity contribution in [2.45, 2.75) is 13.8 Å². The average Bonchev–Trinajstić information content (AvgIpc) is 2.49. The molecule has 5 heteroatoms. The Bertz CT molecular complexity index is 646. The lowest BCUT2D eigenvalue weighted by atomic mass is 10.2. The van der Waals surface area contributed by atoms with Gasteiger partial charge in [-0.1, -0.05) is 35.4 Å². The van der Waals surface area contributed by atoms with E-state index in [0.717, 1.165) is 11.1 Å². The third-order valence-electron chi connectivity index (χ3n) is 2.91. The van der Waals surface area contributed by atoms with Crippen molar-refractivity contribution in [3.05, 3.63) is 59.7 Å². The molecule has 0 aliphatic rings. The summed E-state index contributed by atoms with van der Waals surface area (Å²) >= 11 is 0. The van der Waals surface area contributed by atoms with Crippen molar-refractivity contribution in [3.63, 3.8) is 0 Å². The molecule has 0 atom stereocenters. The van der Waals surface area contributed by atoms with E-state index in [-0.39, 0.29) is 5.84 Å². The zero-order chi connectivity index (χ0) is 15.2. The highest BCUT2D eigenvalue weighted by molar-refractivity contribution is 6.42. The molecular weight excluding hydrogens is 266 g/mol. The van der Waals surface area contributed by atoms with E-state index in [4.69, 9.17) is 5.21 Å². The number of benzene rings is 2. The first kappa shape index (κ1) is 14.7. The van der Waals surface area contributed by atoms with E-state index < -0.39 is 5.91 Å². The molecule has 0 radical (unpaired) electrons. The maximum Gasteiger partial charge on any atom is 0.293 e. The van der Waals surface area contributed by atoms with Gasteiger partial charge in [-0.2, -0.15) is 0 Å². The van der Waals surface area contributed by atoms with Crippen LogP contribution in [-0.4, -0.2) is 17.0 Å². The molecule has 2 aromatic carbocycles. The Morgan fingerprint density at radius 3 is 2.00 bits per heavy atom. The van der Waals surface area contributed by atoms with Gasteiger partial charge in [-0.25, -0.2) is 10.5 Å². The van der Waals surface area contributed by atoms with E-state index in [1.54, 1.807) is 24.3 Å². The van der Waals surface area contributed by atoms with Crippen LogP contribution in [0, 0.1) is 13.8 Å². The van der Waals surface area contributed by atoms with E-state index in [9.17, 15) is 4.79 Å². The zero-order valence-corrected chi connectivity index (χ0v) is 11.9. The first-order valence-electron chi connectivity index (χ1n) is 6.52. The van der Waals surface area contributed by atoms with E-state index >= 15 is 0 Å². The number of aryl methyl sites for hydroxylation is 2. The number of amides is 1. The molecule has 0 saturated heterocycles. The molecule has 3 N–H and O–H groups in total. The van der Waals surface area contributed by atoms with Gasteiger partial charge < -0.3 is 5.32 Å². The fraction of sp³-hybridized carbons (Fsp3) is 0.125. The lowest BCUT2D eigenvalue weighted by molar-refractivity contribution is -0.110. The van der Waals surface area contributed by atoms with Crippen LogP contribution in [0.3, 0.4) is 0 Å². The molecule has 0 aliphatic heterocycles. The number of nitrogens with zero attached hydrogens (tertiary/aromatic N) is 1. The Labute approximate surface area is 123 Å². The zero-order valence-electron chi connectivity index (χ0n) is 11.9. The molecular formula is C16H17N3O2. The molecule has 0 aliphatic carbocycles. The highest BCUT2D eigenvalue weighted by atomic mass is 16.5. The fourth-order valence-electron chi connectivity index (χ4n) is 1.70. The van der Waals surface area contributed by atoms with Crippen molar-refractivity contribution < 1.29 is 10.0 Å². The summed E-state index contributed by atoms with van der Waals surface area (Å²) < 4.78 is 0. The van der Waals surface area contributed by atoms with Gasteiger partial charge in [0.1, 0.15) is 0 Å². The minimum Gasteiger partial charge on any atom is -0.319 e. The Morgan fingerprint density at radius 2 is 1.48 bits per heavy atom. The first-order valence-corrected chi connectivity index (χ1v) is 6.52. The Morgan fingerprint density at radius 1 is 0.952 bits per heavy atom. The van der Waals surface area contributed by atoms with Gasteiger partial charge in [0.25, 0.3) is 5.91 Å². The molecule has 0 fully saturated rings. The van der Waals surface area contributed by atoms with Crippen LogP contribution in [0.15, 0.2) is 53.5 Å². The minimum atomic E-state index is -0.512. The van der Waals surface area contributed by atoms with Gasteiger partial charge in [-0.05, 0) is 38.1 Å². The summed E-state index contributed by atoms with van der Waals surface area (Å²) in [6.07, 6.45) is 0. The second-order valence-electron chi connectivity index (χ2n) is 4.73. The Kier molecular flexibility index (Phi) is 4.68. The van der Waals surface area contributed by atoms with Gasteiger partial charge in [-0.15, -0.1) is 0 Å². The summed E-state index contributed by atoms with van der Waals surface area (Å²) in [6.45, 7) is 3.92. The van der Waals surface area contributed by atoms with Crippen LogP contribution in [-0.2, 0) is 4.79 Å². The highest BCUT2D eigenvalue weighted by Gasteiger charge is 2.11. The molecule has 2 aromatic rings. The van der Waals surface area contributed by atoms with Crippen LogP contribution in [0.4, 0.5) is 11.4 Å². The predicted octanol–water partition coefficient (Wildman–Crippen LogP) is 2.95. The summed E-state index contributed by atoms with van der Waals surface area (Å²) in [4.78, 5) is 16.1. The number of hydrogen-bond acceptors (Lipinski definition) is 3. The number of carbonyl (C=O) groups excluding carboxylic acids is 1. The van der Waals surface area contributed by atoms with Crippen molar-refractivity contribution in [2.24, 2.45) is 4.99 Å². The highest BCUT2D eigenvalue weighted by Crippen LogP contribution is 2.13. The molecule has 0 bridgehead atoms.